The molecule has 1 aromatic carbocycles. The van der Waals surface area contributed by atoms with Crippen LogP contribution in [0.4, 0.5) is 5.69 Å². The predicted octanol–water partition coefficient (Wildman–Crippen LogP) is 4.07. The Hall–Kier alpha value is -3.09. The van der Waals surface area contributed by atoms with E-state index in [1.807, 2.05) is 11.1 Å². The van der Waals surface area contributed by atoms with Gasteiger partial charge in [-0.2, -0.15) is 5.10 Å². The molecule has 3 aliphatic rings. The van der Waals surface area contributed by atoms with Gasteiger partial charge in [0, 0.05) is 29.7 Å². The van der Waals surface area contributed by atoms with E-state index < -0.39 is 5.41 Å². The third kappa shape index (κ3) is 2.84. The molecular weight excluding hydrogens is 414 g/mol. The number of aryl methyl sites for hydroxylation is 2. The number of H-pyrrole nitrogens is 2. The summed E-state index contributed by atoms with van der Waals surface area (Å²) in [6, 6.07) is 4.35. The average Bonchev–Trinajstić information content (AvgIpc) is 3.59. The van der Waals surface area contributed by atoms with E-state index in [4.69, 9.17) is 0 Å². The minimum Gasteiger partial charge on any atom is -0.353 e. The number of rotatable bonds is 4. The zero-order valence-electron chi connectivity index (χ0n) is 19.5. The largest absolute Gasteiger partial charge is 0.353 e. The number of hydrogen-bond donors (Lipinski definition) is 2. The molecule has 1 fully saturated rings. The maximum Gasteiger partial charge on any atom is 0.242 e. The number of carbonyl (C=O) groups excluding carboxylic acids is 2. The van der Waals surface area contributed by atoms with Crippen molar-refractivity contribution in [3.63, 3.8) is 0 Å². The molecule has 1 saturated heterocycles. The third-order valence-electron chi connectivity index (χ3n) is 8.28. The van der Waals surface area contributed by atoms with Crippen LogP contribution in [0.3, 0.4) is 0 Å². The van der Waals surface area contributed by atoms with Crippen molar-refractivity contribution in [2.24, 2.45) is 0 Å². The Morgan fingerprint density at radius 1 is 1.09 bits per heavy atom. The summed E-state index contributed by atoms with van der Waals surface area (Å²) in [5, 5.41) is 8.62. The van der Waals surface area contributed by atoms with Gasteiger partial charge in [-0.15, -0.1) is 0 Å². The maximum atomic E-state index is 13.8. The van der Waals surface area contributed by atoms with Crippen molar-refractivity contribution in [3.8, 4) is 11.4 Å². The number of anilines is 1. The van der Waals surface area contributed by atoms with Gasteiger partial charge < -0.3 is 14.8 Å². The molecule has 1 aliphatic carbocycles. The van der Waals surface area contributed by atoms with Gasteiger partial charge in [0.15, 0.2) is 0 Å². The fourth-order valence-corrected chi connectivity index (χ4v) is 6.31. The minimum absolute atomic E-state index is 0.0601. The van der Waals surface area contributed by atoms with Crippen LogP contribution in [-0.2, 0) is 27.8 Å². The topological polar surface area (TPSA) is 85.1 Å². The second kappa shape index (κ2) is 7.47. The molecule has 7 nitrogen and oxygen atoms in total. The predicted molar refractivity (Wildman–Crippen MR) is 128 cm³/mol. The summed E-state index contributed by atoms with van der Waals surface area (Å²) in [5.74, 6) is 0.134. The number of carbonyl (C=O) groups is 2. The number of nitrogens with one attached hydrogen (secondary N) is 2. The zero-order valence-corrected chi connectivity index (χ0v) is 19.5. The average molecular weight is 446 g/mol. The molecule has 0 radical (unpaired) electrons. The fraction of sp³-hybridized carbons (Fsp3) is 0.500. The van der Waals surface area contributed by atoms with Gasteiger partial charge in [0.2, 0.25) is 11.8 Å². The SMILES string of the molecule is CCC1(CC)C(=O)N(CC(=O)N2CCCC2)c2cc3c4c([nH]c3cc21)-c1[nH]ncc1CCC4. The van der Waals surface area contributed by atoms with E-state index in [0.717, 1.165) is 91.6 Å². The molecule has 4 heterocycles. The van der Waals surface area contributed by atoms with Crippen molar-refractivity contribution in [1.29, 1.82) is 0 Å². The highest BCUT2D eigenvalue weighted by molar-refractivity contribution is 6.13. The summed E-state index contributed by atoms with van der Waals surface area (Å²) in [6.45, 7) is 5.91. The van der Waals surface area contributed by atoms with Crippen molar-refractivity contribution >= 4 is 28.4 Å². The Morgan fingerprint density at radius 3 is 2.64 bits per heavy atom. The van der Waals surface area contributed by atoms with Crippen LogP contribution < -0.4 is 4.90 Å². The lowest BCUT2D eigenvalue weighted by Gasteiger charge is -2.26. The summed E-state index contributed by atoms with van der Waals surface area (Å²) in [4.78, 5) is 34.2. The van der Waals surface area contributed by atoms with Gasteiger partial charge in [-0.05, 0) is 73.8 Å². The molecule has 0 spiro atoms. The number of aromatic amines is 2. The Morgan fingerprint density at radius 2 is 1.88 bits per heavy atom. The molecule has 0 bridgehead atoms. The first-order chi connectivity index (χ1) is 16.1. The van der Waals surface area contributed by atoms with Crippen LogP contribution in [0.2, 0.25) is 0 Å². The molecule has 33 heavy (non-hydrogen) atoms. The second-order valence-corrected chi connectivity index (χ2v) is 9.79. The smallest absolute Gasteiger partial charge is 0.242 e. The minimum atomic E-state index is -0.573. The molecule has 7 heteroatoms. The molecule has 2 aliphatic heterocycles. The van der Waals surface area contributed by atoms with Crippen LogP contribution in [-0.4, -0.2) is 51.5 Å². The highest BCUT2D eigenvalue weighted by atomic mass is 16.2. The molecule has 2 aromatic heterocycles. The molecule has 2 N–H and O–H groups in total. The molecule has 0 saturated carbocycles. The van der Waals surface area contributed by atoms with Gasteiger partial charge in [-0.3, -0.25) is 14.7 Å². The number of fused-ring (bicyclic) bond motifs is 6. The highest BCUT2D eigenvalue weighted by Gasteiger charge is 2.49. The number of nitrogens with zero attached hydrogens (tertiary/aromatic N) is 3. The van der Waals surface area contributed by atoms with Gasteiger partial charge >= 0.3 is 0 Å². The third-order valence-corrected chi connectivity index (χ3v) is 8.28. The van der Waals surface area contributed by atoms with Crippen LogP contribution in [0.5, 0.6) is 0 Å². The van der Waals surface area contributed by atoms with E-state index in [1.54, 1.807) is 4.90 Å². The summed E-state index contributed by atoms with van der Waals surface area (Å²) in [7, 11) is 0. The lowest BCUT2D eigenvalue weighted by molar-refractivity contribution is -0.131. The standard InChI is InChI=1S/C26H31N5O2/c1-3-26(4-2)19-13-20-18(17-9-7-8-16-14-27-29-23(16)24(17)28-20)12-21(19)31(25(26)33)15-22(32)30-10-5-6-11-30/h12-14,28H,3-11,15H2,1-2H3,(H,27,29). The number of benzene rings is 1. The number of likely N-dealkylation sites (tertiary alicyclic amines) is 1. The van der Waals surface area contributed by atoms with Gasteiger partial charge in [-0.25, -0.2) is 0 Å². The molecule has 2 amide bonds. The molecular formula is C26H31N5O2. The normalized spacial score (nSPS) is 19.0. The Bertz CT molecular complexity index is 1260. The summed E-state index contributed by atoms with van der Waals surface area (Å²) >= 11 is 0. The number of aromatic nitrogens is 3. The van der Waals surface area contributed by atoms with Crippen LogP contribution in [0.15, 0.2) is 18.3 Å². The second-order valence-electron chi connectivity index (χ2n) is 9.79. The first-order valence-electron chi connectivity index (χ1n) is 12.4. The highest BCUT2D eigenvalue weighted by Crippen LogP contribution is 2.49. The number of amides is 2. The molecule has 6 rings (SSSR count). The lowest BCUT2D eigenvalue weighted by Crippen LogP contribution is -2.45. The summed E-state index contributed by atoms with van der Waals surface area (Å²) < 4.78 is 0. The monoisotopic (exact) mass is 445 g/mol. The van der Waals surface area contributed by atoms with Gasteiger partial charge in [-0.1, -0.05) is 13.8 Å². The van der Waals surface area contributed by atoms with E-state index in [0.29, 0.717) is 0 Å². The quantitative estimate of drug-likeness (QED) is 0.635. The Kier molecular flexibility index (Phi) is 4.64. The van der Waals surface area contributed by atoms with Crippen molar-refractivity contribution in [2.75, 3.05) is 24.5 Å². The van der Waals surface area contributed by atoms with Gasteiger partial charge in [0.1, 0.15) is 6.54 Å². The summed E-state index contributed by atoms with van der Waals surface area (Å²) in [5.41, 5.74) is 7.18. The zero-order chi connectivity index (χ0) is 22.7. The molecule has 0 unspecified atom stereocenters. The first-order valence-corrected chi connectivity index (χ1v) is 12.4. The van der Waals surface area contributed by atoms with Crippen LogP contribution >= 0.6 is 0 Å². The number of hydrogen-bond acceptors (Lipinski definition) is 3. The van der Waals surface area contributed by atoms with Crippen molar-refractivity contribution in [3.05, 3.63) is 35.0 Å². The van der Waals surface area contributed by atoms with Crippen LogP contribution in [0.25, 0.3) is 22.3 Å². The Balaban J connectivity index is 1.51. The van der Waals surface area contributed by atoms with Crippen molar-refractivity contribution < 1.29 is 9.59 Å². The van der Waals surface area contributed by atoms with E-state index in [2.05, 4.69) is 41.2 Å². The summed E-state index contributed by atoms with van der Waals surface area (Å²) in [6.07, 6.45) is 8.52. The first kappa shape index (κ1) is 20.5. The van der Waals surface area contributed by atoms with Crippen molar-refractivity contribution in [2.45, 2.75) is 64.2 Å². The molecule has 3 aromatic rings. The lowest BCUT2D eigenvalue weighted by atomic mass is 9.76. The Labute approximate surface area is 193 Å². The fourth-order valence-electron chi connectivity index (χ4n) is 6.31. The van der Waals surface area contributed by atoms with E-state index in [1.165, 1.54) is 11.1 Å². The molecule has 172 valence electrons. The van der Waals surface area contributed by atoms with Gasteiger partial charge in [0.05, 0.1) is 23.0 Å². The van der Waals surface area contributed by atoms with E-state index in [9.17, 15) is 9.59 Å². The van der Waals surface area contributed by atoms with Crippen molar-refractivity contribution in [1.82, 2.24) is 20.1 Å². The maximum absolute atomic E-state index is 13.8. The van der Waals surface area contributed by atoms with E-state index >= 15 is 0 Å². The van der Waals surface area contributed by atoms with Crippen LogP contribution in [0, 0.1) is 0 Å². The van der Waals surface area contributed by atoms with Crippen LogP contribution in [0.1, 0.15) is 62.6 Å². The van der Waals surface area contributed by atoms with Gasteiger partial charge in [0.25, 0.3) is 0 Å². The molecule has 0 atom stereocenters. The van der Waals surface area contributed by atoms with E-state index in [-0.39, 0.29) is 18.4 Å².